The summed E-state index contributed by atoms with van der Waals surface area (Å²) in [5.41, 5.74) is 6.64. The van der Waals surface area contributed by atoms with Crippen LogP contribution in [0.4, 0.5) is 0 Å². The van der Waals surface area contributed by atoms with Gasteiger partial charge in [-0.15, -0.1) is 0 Å². The first kappa shape index (κ1) is 38.4. The normalized spacial score (nSPS) is 13.6. The van der Waals surface area contributed by atoms with Gasteiger partial charge in [0.15, 0.2) is 0 Å². The van der Waals surface area contributed by atoms with Gasteiger partial charge in [0.2, 0.25) is 35.4 Å². The molecular formula is C30H41N6O10P. The standard InChI is InChI=1S/C30H41N6O10P/c1-4-18(2)27(34-19(3)37)30(42)36-24(15-21-10-12-22(13-11-21)46-47(43,44)45)29(41)33-16-25(38)32-17-26(39)35-23(28(31)40)14-20-8-6-5-7-9-20/h5-13,18,23-24,27H,4,14-17H2,1-3H3,(H2,31,40)(H,32,38)(H,33,41)(H,34,37)(H,35,39)(H,36,42)(H2,43,44,45)/t18-,23-,24-,27-/m0/s1. The van der Waals surface area contributed by atoms with E-state index in [-0.39, 0.29) is 24.5 Å². The molecule has 16 nitrogen and oxygen atoms in total. The zero-order valence-electron chi connectivity index (χ0n) is 26.2. The van der Waals surface area contributed by atoms with Gasteiger partial charge in [0.25, 0.3) is 0 Å². The van der Waals surface area contributed by atoms with Crippen molar-refractivity contribution < 1.29 is 47.6 Å². The maximum absolute atomic E-state index is 13.2. The molecule has 0 radical (unpaired) electrons. The smallest absolute Gasteiger partial charge is 0.404 e. The van der Waals surface area contributed by atoms with Crippen LogP contribution < -0.4 is 36.8 Å². The van der Waals surface area contributed by atoms with E-state index >= 15 is 0 Å². The Kier molecular flexibility index (Phi) is 15.0. The van der Waals surface area contributed by atoms with Crippen LogP contribution in [0.5, 0.6) is 5.75 Å². The average Bonchev–Trinajstić information content (AvgIpc) is 3.00. The Balaban J connectivity index is 2.06. The second kappa shape index (κ2) is 18.4. The van der Waals surface area contributed by atoms with Gasteiger partial charge < -0.3 is 36.8 Å². The van der Waals surface area contributed by atoms with Gasteiger partial charge in [-0.3, -0.25) is 38.6 Å². The van der Waals surface area contributed by atoms with Gasteiger partial charge in [-0.05, 0) is 29.2 Å². The fraction of sp³-hybridized carbons (Fsp3) is 0.400. The van der Waals surface area contributed by atoms with Gasteiger partial charge in [0.05, 0.1) is 13.1 Å². The first-order valence-corrected chi connectivity index (χ1v) is 16.2. The number of rotatable bonds is 18. The highest BCUT2D eigenvalue weighted by atomic mass is 31.2. The molecule has 0 saturated heterocycles. The van der Waals surface area contributed by atoms with Crippen molar-refractivity contribution in [3.63, 3.8) is 0 Å². The van der Waals surface area contributed by atoms with E-state index in [1.807, 2.05) is 6.92 Å². The minimum absolute atomic E-state index is 0.110. The fourth-order valence-corrected chi connectivity index (χ4v) is 4.70. The van der Waals surface area contributed by atoms with Crippen LogP contribution in [-0.4, -0.2) is 76.4 Å². The predicted octanol–water partition coefficient (Wildman–Crippen LogP) is -0.819. The summed E-state index contributed by atoms with van der Waals surface area (Å²) >= 11 is 0. The van der Waals surface area contributed by atoms with Gasteiger partial charge in [0.1, 0.15) is 23.9 Å². The second-order valence-corrected chi connectivity index (χ2v) is 11.9. The molecule has 47 heavy (non-hydrogen) atoms. The number of carbonyl (C=O) groups is 6. The molecule has 0 fully saturated rings. The molecule has 0 aliphatic rings. The summed E-state index contributed by atoms with van der Waals surface area (Å²) in [5, 5.41) is 12.4. The van der Waals surface area contributed by atoms with Crippen molar-refractivity contribution in [2.45, 2.75) is 58.2 Å². The number of nitrogens with one attached hydrogen (secondary N) is 5. The Morgan fingerprint density at radius 1 is 0.787 bits per heavy atom. The van der Waals surface area contributed by atoms with E-state index in [0.29, 0.717) is 12.0 Å². The Morgan fingerprint density at radius 2 is 1.36 bits per heavy atom. The molecule has 0 unspecified atom stereocenters. The third-order valence-electron chi connectivity index (χ3n) is 6.91. The highest BCUT2D eigenvalue weighted by Crippen LogP contribution is 2.37. The Labute approximate surface area is 271 Å². The molecule has 0 saturated carbocycles. The average molecular weight is 677 g/mol. The quantitative estimate of drug-likeness (QED) is 0.0911. The highest BCUT2D eigenvalue weighted by molar-refractivity contribution is 7.46. The van der Waals surface area contributed by atoms with Gasteiger partial charge in [-0.1, -0.05) is 62.7 Å². The molecule has 0 aliphatic carbocycles. The van der Waals surface area contributed by atoms with Crippen LogP contribution in [0.1, 0.15) is 38.3 Å². The molecule has 2 aromatic carbocycles. The zero-order valence-corrected chi connectivity index (χ0v) is 27.1. The first-order chi connectivity index (χ1) is 22.1. The summed E-state index contributed by atoms with van der Waals surface area (Å²) in [6.07, 6.45) is 0.579. The first-order valence-electron chi connectivity index (χ1n) is 14.7. The molecule has 9 N–H and O–H groups in total. The summed E-state index contributed by atoms with van der Waals surface area (Å²) in [6, 6.07) is 11.1. The number of primary amides is 1. The number of amides is 6. The molecule has 4 atom stereocenters. The number of benzene rings is 2. The summed E-state index contributed by atoms with van der Waals surface area (Å²) in [4.78, 5) is 92.9. The SMILES string of the molecule is CC[C@H](C)[C@H](NC(C)=O)C(=O)N[C@@H](Cc1ccc(OP(=O)(O)O)cc1)C(=O)NCC(=O)NCC(=O)N[C@@H](Cc1ccccc1)C(N)=O. The van der Waals surface area contributed by atoms with Crippen molar-refractivity contribution in [1.82, 2.24) is 26.6 Å². The van der Waals surface area contributed by atoms with Crippen molar-refractivity contribution in [1.29, 1.82) is 0 Å². The van der Waals surface area contributed by atoms with Crippen molar-refractivity contribution in [2.24, 2.45) is 11.7 Å². The largest absolute Gasteiger partial charge is 0.524 e. The van der Waals surface area contributed by atoms with Gasteiger partial charge in [0, 0.05) is 19.8 Å². The minimum Gasteiger partial charge on any atom is -0.404 e. The van der Waals surface area contributed by atoms with Crippen molar-refractivity contribution in [3.8, 4) is 5.75 Å². The molecule has 6 amide bonds. The molecule has 2 rings (SSSR count). The third-order valence-corrected chi connectivity index (χ3v) is 7.35. The van der Waals surface area contributed by atoms with Crippen LogP contribution in [0.25, 0.3) is 0 Å². The van der Waals surface area contributed by atoms with Crippen molar-refractivity contribution >= 4 is 43.3 Å². The molecule has 0 aliphatic heterocycles. The van der Waals surface area contributed by atoms with Crippen molar-refractivity contribution in [2.75, 3.05) is 13.1 Å². The maximum Gasteiger partial charge on any atom is 0.524 e. The second-order valence-electron chi connectivity index (χ2n) is 10.8. The molecule has 2 aromatic rings. The van der Waals surface area contributed by atoms with Crippen LogP contribution in [0.2, 0.25) is 0 Å². The number of phosphoric ester groups is 1. The Morgan fingerprint density at radius 3 is 1.91 bits per heavy atom. The predicted molar refractivity (Wildman–Crippen MR) is 169 cm³/mol. The Hall–Kier alpha value is -4.79. The number of carbonyl (C=O) groups excluding carboxylic acids is 6. The van der Waals surface area contributed by atoms with E-state index in [9.17, 15) is 33.3 Å². The number of nitrogens with two attached hydrogens (primary N) is 1. The van der Waals surface area contributed by atoms with Gasteiger partial charge in [-0.25, -0.2) is 4.57 Å². The molecule has 0 heterocycles. The zero-order chi connectivity index (χ0) is 35.1. The summed E-state index contributed by atoms with van der Waals surface area (Å²) < 4.78 is 15.6. The van der Waals surface area contributed by atoms with E-state index in [1.165, 1.54) is 31.2 Å². The molecule has 0 bridgehead atoms. The number of phosphoric acid groups is 1. The van der Waals surface area contributed by atoms with Crippen LogP contribution in [-0.2, 0) is 46.2 Å². The lowest BCUT2D eigenvalue weighted by Gasteiger charge is -2.26. The van der Waals surface area contributed by atoms with Crippen LogP contribution in [0, 0.1) is 5.92 Å². The molecule has 0 spiro atoms. The molecular weight excluding hydrogens is 635 g/mol. The lowest BCUT2D eigenvalue weighted by Crippen LogP contribution is -2.56. The van der Waals surface area contributed by atoms with Crippen molar-refractivity contribution in [3.05, 3.63) is 65.7 Å². The van der Waals surface area contributed by atoms with Crippen LogP contribution in [0.3, 0.4) is 0 Å². The number of hydrogen-bond donors (Lipinski definition) is 8. The van der Waals surface area contributed by atoms with E-state index < -0.39 is 74.5 Å². The number of hydrogen-bond acceptors (Lipinski definition) is 8. The molecule has 0 aromatic heterocycles. The highest BCUT2D eigenvalue weighted by Gasteiger charge is 2.30. The third kappa shape index (κ3) is 14.5. The van der Waals surface area contributed by atoms with Crippen LogP contribution in [0.15, 0.2) is 54.6 Å². The monoisotopic (exact) mass is 676 g/mol. The summed E-state index contributed by atoms with van der Waals surface area (Å²) in [7, 11) is -4.80. The summed E-state index contributed by atoms with van der Waals surface area (Å²) in [6.45, 7) is 3.75. The molecule has 256 valence electrons. The van der Waals surface area contributed by atoms with E-state index in [0.717, 1.165) is 5.56 Å². The van der Waals surface area contributed by atoms with Gasteiger partial charge in [-0.2, -0.15) is 0 Å². The maximum atomic E-state index is 13.2. The van der Waals surface area contributed by atoms with E-state index in [1.54, 1.807) is 37.3 Å². The minimum atomic E-state index is -4.80. The van der Waals surface area contributed by atoms with Crippen LogP contribution >= 0.6 is 7.82 Å². The lowest BCUT2D eigenvalue weighted by molar-refractivity contribution is -0.133. The lowest BCUT2D eigenvalue weighted by atomic mass is 9.97. The Bertz CT molecular complexity index is 1450. The van der Waals surface area contributed by atoms with Gasteiger partial charge >= 0.3 is 7.82 Å². The summed E-state index contributed by atoms with van der Waals surface area (Å²) in [5.74, 6) is -4.46. The topological polar surface area (TPSA) is 255 Å². The fourth-order valence-electron chi connectivity index (χ4n) is 4.30. The van der Waals surface area contributed by atoms with E-state index in [4.69, 9.17) is 15.5 Å². The molecule has 17 heteroatoms. The van der Waals surface area contributed by atoms with E-state index in [2.05, 4.69) is 31.1 Å².